The van der Waals surface area contributed by atoms with Gasteiger partial charge in [0.1, 0.15) is 0 Å². The van der Waals surface area contributed by atoms with Crippen molar-refractivity contribution < 1.29 is 44.0 Å². The quantitative estimate of drug-likeness (QED) is 0.366. The van der Waals surface area contributed by atoms with E-state index < -0.39 is 15.4 Å². The van der Waals surface area contributed by atoms with Crippen molar-refractivity contribution in [1.82, 2.24) is 0 Å². The van der Waals surface area contributed by atoms with E-state index in [-0.39, 0.29) is 31.0 Å². The van der Waals surface area contributed by atoms with Crippen molar-refractivity contribution in [3.05, 3.63) is 0 Å². The van der Waals surface area contributed by atoms with Gasteiger partial charge in [0.25, 0.3) is 10.1 Å². The van der Waals surface area contributed by atoms with Gasteiger partial charge in [-0.05, 0) is 12.8 Å². The number of rotatable bonds is 10. The first-order valence-corrected chi connectivity index (χ1v) is 7.99. The van der Waals surface area contributed by atoms with Crippen LogP contribution in [0.4, 0.5) is 0 Å². The first kappa shape index (κ1) is 20.2. The summed E-state index contributed by atoms with van der Waals surface area (Å²) in [7, 11) is -3.82. The van der Waals surface area contributed by atoms with Gasteiger partial charge in [-0.2, -0.15) is 8.42 Å². The Hall–Kier alpha value is 0.910. The summed E-state index contributed by atoms with van der Waals surface area (Å²) in [6, 6.07) is 0. The van der Waals surface area contributed by atoms with E-state index in [1.54, 1.807) is 0 Å². The Balaban J connectivity index is -0.00000112. The smallest absolute Gasteiger partial charge is 1.00 e. The third kappa shape index (κ3) is 11.7. The van der Waals surface area contributed by atoms with Crippen LogP contribution in [0, 0.1) is 0 Å². The summed E-state index contributed by atoms with van der Waals surface area (Å²) in [6.45, 7) is 4.12. The van der Waals surface area contributed by atoms with E-state index >= 15 is 0 Å². The zero-order chi connectivity index (χ0) is 12.4. The Kier molecular flexibility index (Phi) is 14.2. The van der Waals surface area contributed by atoms with Gasteiger partial charge in [0.15, 0.2) is 0 Å². The van der Waals surface area contributed by atoms with E-state index in [1.807, 2.05) is 6.92 Å². The summed E-state index contributed by atoms with van der Waals surface area (Å²) in [6.07, 6.45) is 8.88. The molecule has 1 N–H and O–H groups in total. The molecule has 0 radical (unpaired) electrons. The Labute approximate surface area is 130 Å². The van der Waals surface area contributed by atoms with Crippen molar-refractivity contribution >= 4 is 10.1 Å². The second kappa shape index (κ2) is 12.0. The van der Waals surface area contributed by atoms with Crippen LogP contribution in [0.1, 0.15) is 73.1 Å². The topological polar surface area (TPSA) is 54.4 Å². The average molecular weight is 274 g/mol. The van der Waals surface area contributed by atoms with Crippen LogP contribution >= 0.6 is 0 Å². The molecule has 0 rings (SSSR count). The standard InChI is InChI=1S/C12H26O3S.Na.H/c1-3-5-6-7-8-9-11-12(10-4-2)16(13,14)15;;/h12H,3-11H2,1-2H3,(H,13,14,15);;/q;+1;-1. The Morgan fingerprint density at radius 1 is 0.941 bits per heavy atom. The van der Waals surface area contributed by atoms with Crippen LogP contribution in [0.3, 0.4) is 0 Å². The Morgan fingerprint density at radius 2 is 1.47 bits per heavy atom. The molecular formula is C12H27NaO3S. The molecule has 0 spiro atoms. The summed E-state index contributed by atoms with van der Waals surface area (Å²) in [4.78, 5) is 0. The van der Waals surface area contributed by atoms with Gasteiger partial charge >= 0.3 is 29.6 Å². The van der Waals surface area contributed by atoms with Crippen LogP contribution in [0.15, 0.2) is 0 Å². The summed E-state index contributed by atoms with van der Waals surface area (Å²) in [5.74, 6) is 0. The minimum atomic E-state index is -3.82. The van der Waals surface area contributed by atoms with Crippen LogP contribution in [-0.2, 0) is 10.1 Å². The van der Waals surface area contributed by atoms with Gasteiger partial charge < -0.3 is 1.43 Å². The van der Waals surface area contributed by atoms with E-state index in [9.17, 15) is 8.42 Å². The van der Waals surface area contributed by atoms with E-state index in [2.05, 4.69) is 6.92 Å². The summed E-state index contributed by atoms with van der Waals surface area (Å²) in [5, 5.41) is -0.538. The molecule has 1 unspecified atom stereocenters. The van der Waals surface area contributed by atoms with Gasteiger partial charge in [-0.25, -0.2) is 0 Å². The van der Waals surface area contributed by atoms with Crippen molar-refractivity contribution in [2.24, 2.45) is 0 Å². The third-order valence-corrected chi connectivity index (χ3v) is 4.23. The van der Waals surface area contributed by atoms with E-state index in [0.29, 0.717) is 12.8 Å². The van der Waals surface area contributed by atoms with Crippen molar-refractivity contribution in [2.45, 2.75) is 76.9 Å². The molecule has 1 atom stereocenters. The predicted octanol–water partition coefficient (Wildman–Crippen LogP) is 0.910. The number of unbranched alkanes of at least 4 members (excludes halogenated alkanes) is 5. The molecule has 0 aliphatic heterocycles. The van der Waals surface area contributed by atoms with Crippen molar-refractivity contribution in [2.75, 3.05) is 0 Å². The molecule has 0 amide bonds. The van der Waals surface area contributed by atoms with Gasteiger partial charge in [-0.15, -0.1) is 0 Å². The molecular weight excluding hydrogens is 247 g/mol. The van der Waals surface area contributed by atoms with Gasteiger partial charge in [0.2, 0.25) is 0 Å². The van der Waals surface area contributed by atoms with Crippen LogP contribution in [0.25, 0.3) is 0 Å². The Bertz CT molecular complexity index is 258. The maximum absolute atomic E-state index is 11.0. The van der Waals surface area contributed by atoms with Crippen molar-refractivity contribution in [1.29, 1.82) is 0 Å². The van der Waals surface area contributed by atoms with Gasteiger partial charge in [0, 0.05) is 0 Å². The zero-order valence-corrected chi connectivity index (χ0v) is 14.4. The second-order valence-electron chi connectivity index (χ2n) is 4.48. The van der Waals surface area contributed by atoms with Gasteiger partial charge in [-0.3, -0.25) is 4.55 Å². The fourth-order valence-corrected chi connectivity index (χ4v) is 2.91. The molecule has 5 heteroatoms. The molecule has 0 bridgehead atoms. The van der Waals surface area contributed by atoms with Gasteiger partial charge in [0.05, 0.1) is 5.25 Å². The summed E-state index contributed by atoms with van der Waals surface area (Å²) in [5.41, 5.74) is 0. The number of hydrogen-bond acceptors (Lipinski definition) is 2. The molecule has 0 saturated heterocycles. The Morgan fingerprint density at radius 3 is 1.94 bits per heavy atom. The minimum absolute atomic E-state index is 0. The summed E-state index contributed by atoms with van der Waals surface area (Å²) < 4.78 is 31.1. The molecule has 0 aliphatic carbocycles. The monoisotopic (exact) mass is 274 g/mol. The second-order valence-corrected chi connectivity index (χ2v) is 6.18. The van der Waals surface area contributed by atoms with E-state index in [0.717, 1.165) is 19.3 Å². The molecule has 100 valence electrons. The largest absolute Gasteiger partial charge is 1.00 e. The predicted molar refractivity (Wildman–Crippen MR) is 69.3 cm³/mol. The molecule has 0 aromatic carbocycles. The maximum Gasteiger partial charge on any atom is 1.00 e. The average Bonchev–Trinajstić information content (AvgIpc) is 2.20. The molecule has 3 nitrogen and oxygen atoms in total. The van der Waals surface area contributed by atoms with Crippen LogP contribution < -0.4 is 29.6 Å². The third-order valence-electron chi connectivity index (χ3n) is 2.91. The summed E-state index contributed by atoms with van der Waals surface area (Å²) >= 11 is 0. The molecule has 0 heterocycles. The SMILES string of the molecule is CCCCCCCCC(CCC)S(=O)(=O)O.[H-].[Na+]. The van der Waals surface area contributed by atoms with Crippen molar-refractivity contribution in [3.63, 3.8) is 0 Å². The van der Waals surface area contributed by atoms with Crippen LogP contribution in [-0.4, -0.2) is 18.2 Å². The fraction of sp³-hybridized carbons (Fsp3) is 1.00. The molecule has 0 aromatic heterocycles. The zero-order valence-electron chi connectivity index (χ0n) is 12.6. The van der Waals surface area contributed by atoms with Crippen LogP contribution in [0.2, 0.25) is 0 Å². The van der Waals surface area contributed by atoms with E-state index in [4.69, 9.17) is 4.55 Å². The van der Waals surface area contributed by atoms with E-state index in [1.165, 1.54) is 25.7 Å². The molecule has 0 aliphatic rings. The van der Waals surface area contributed by atoms with Crippen LogP contribution in [0.5, 0.6) is 0 Å². The first-order chi connectivity index (χ1) is 7.52. The first-order valence-electron chi connectivity index (χ1n) is 6.48. The maximum atomic E-state index is 11.0. The normalized spacial score (nSPS) is 13.1. The minimum Gasteiger partial charge on any atom is -1.00 e. The van der Waals surface area contributed by atoms with Crippen molar-refractivity contribution in [3.8, 4) is 0 Å². The fourth-order valence-electron chi connectivity index (χ4n) is 1.92. The molecule has 0 saturated carbocycles. The van der Waals surface area contributed by atoms with Gasteiger partial charge in [-0.1, -0.05) is 58.8 Å². The molecule has 0 aromatic rings. The molecule has 0 fully saturated rings. The molecule has 17 heavy (non-hydrogen) atoms. The number of hydrogen-bond donors (Lipinski definition) is 1.